The monoisotopic (exact) mass is 240 g/mol. The third-order valence-electron chi connectivity index (χ3n) is 2.71. The van der Waals surface area contributed by atoms with Crippen molar-refractivity contribution in [3.8, 4) is 0 Å². The van der Waals surface area contributed by atoms with Crippen LogP contribution in [0.2, 0.25) is 0 Å². The van der Waals surface area contributed by atoms with E-state index in [-0.39, 0.29) is 18.6 Å². The van der Waals surface area contributed by atoms with Gasteiger partial charge in [-0.25, -0.2) is 4.79 Å². The molecule has 4 N–H and O–H groups in total. The van der Waals surface area contributed by atoms with E-state index in [1.165, 1.54) is 12.1 Å². The Bertz CT molecular complexity index is 402. The highest BCUT2D eigenvalue weighted by molar-refractivity contribution is 5.89. The quantitative estimate of drug-likeness (QED) is 0.599. The molecule has 0 spiro atoms. The zero-order valence-corrected chi connectivity index (χ0v) is 9.50. The maximum atomic E-state index is 10.9. The number of aliphatic hydroxyl groups is 3. The van der Waals surface area contributed by atoms with E-state index in [4.69, 9.17) is 10.2 Å². The van der Waals surface area contributed by atoms with E-state index in [0.29, 0.717) is 11.1 Å². The van der Waals surface area contributed by atoms with Crippen molar-refractivity contribution in [1.82, 2.24) is 0 Å². The largest absolute Gasteiger partial charge is 0.478 e. The molecule has 5 nitrogen and oxygen atoms in total. The number of aliphatic hydroxyl groups excluding tert-OH is 3. The molecule has 0 fully saturated rings. The fourth-order valence-electron chi connectivity index (χ4n) is 1.70. The molecule has 1 aromatic carbocycles. The second-order valence-electron chi connectivity index (χ2n) is 3.85. The van der Waals surface area contributed by atoms with Crippen molar-refractivity contribution < 1.29 is 25.2 Å². The average Bonchev–Trinajstić information content (AvgIpc) is 2.28. The van der Waals surface area contributed by atoms with E-state index in [0.717, 1.165) is 0 Å². The van der Waals surface area contributed by atoms with Crippen LogP contribution in [-0.2, 0) is 0 Å². The second-order valence-corrected chi connectivity index (χ2v) is 3.85. The average molecular weight is 240 g/mol. The number of rotatable bonds is 5. The van der Waals surface area contributed by atoms with Gasteiger partial charge in [-0.15, -0.1) is 0 Å². The predicted octanol–water partition coefficient (Wildman–Crippen LogP) is 0.470. The SMILES string of the molecule is Cc1c(C(=O)O)cccc1C(O)C(O)CCO. The van der Waals surface area contributed by atoms with Crippen molar-refractivity contribution in [3.05, 3.63) is 34.9 Å². The summed E-state index contributed by atoms with van der Waals surface area (Å²) < 4.78 is 0. The lowest BCUT2D eigenvalue weighted by molar-refractivity contribution is 0.00381. The van der Waals surface area contributed by atoms with Gasteiger partial charge in [-0.2, -0.15) is 0 Å². The first-order chi connectivity index (χ1) is 7.99. The highest BCUT2D eigenvalue weighted by Gasteiger charge is 2.21. The molecule has 0 heterocycles. The van der Waals surface area contributed by atoms with Crippen LogP contribution >= 0.6 is 0 Å². The van der Waals surface area contributed by atoms with Crippen molar-refractivity contribution in [2.24, 2.45) is 0 Å². The minimum Gasteiger partial charge on any atom is -0.478 e. The Labute approximate surface area is 99.0 Å². The molecule has 94 valence electrons. The lowest BCUT2D eigenvalue weighted by atomic mass is 9.94. The molecule has 0 aliphatic carbocycles. The Hall–Kier alpha value is -1.43. The summed E-state index contributed by atoms with van der Waals surface area (Å²) in [6.07, 6.45) is -2.26. The van der Waals surface area contributed by atoms with Crippen LogP contribution in [0.25, 0.3) is 0 Å². The maximum absolute atomic E-state index is 10.9. The number of carboxylic acids is 1. The summed E-state index contributed by atoms with van der Waals surface area (Å²) in [5, 5.41) is 37.0. The predicted molar refractivity (Wildman–Crippen MR) is 60.8 cm³/mol. The topological polar surface area (TPSA) is 98.0 Å². The van der Waals surface area contributed by atoms with E-state index in [2.05, 4.69) is 0 Å². The van der Waals surface area contributed by atoms with Gasteiger partial charge >= 0.3 is 5.97 Å². The van der Waals surface area contributed by atoms with Gasteiger partial charge in [0, 0.05) is 6.61 Å². The Kier molecular flexibility index (Phi) is 4.62. The summed E-state index contributed by atoms with van der Waals surface area (Å²) in [7, 11) is 0. The van der Waals surface area contributed by atoms with Crippen LogP contribution in [0.4, 0.5) is 0 Å². The van der Waals surface area contributed by atoms with Crippen LogP contribution in [-0.4, -0.2) is 39.1 Å². The number of hydrogen-bond acceptors (Lipinski definition) is 4. The standard InChI is InChI=1S/C12H16O5/c1-7-8(11(15)10(14)5-6-13)3-2-4-9(7)12(16)17/h2-4,10-11,13-15H,5-6H2,1H3,(H,16,17). The molecular weight excluding hydrogens is 224 g/mol. The molecule has 0 saturated heterocycles. The van der Waals surface area contributed by atoms with Crippen molar-refractivity contribution in [3.63, 3.8) is 0 Å². The zero-order valence-electron chi connectivity index (χ0n) is 9.50. The van der Waals surface area contributed by atoms with Crippen LogP contribution in [0, 0.1) is 6.92 Å². The van der Waals surface area contributed by atoms with Gasteiger partial charge in [0.2, 0.25) is 0 Å². The van der Waals surface area contributed by atoms with Crippen molar-refractivity contribution in [2.75, 3.05) is 6.61 Å². The summed E-state index contributed by atoms with van der Waals surface area (Å²) in [6, 6.07) is 4.51. The minimum absolute atomic E-state index is 0.0396. The Morgan fingerprint density at radius 2 is 2.00 bits per heavy atom. The summed E-state index contributed by atoms with van der Waals surface area (Å²) in [4.78, 5) is 10.9. The van der Waals surface area contributed by atoms with Crippen LogP contribution in [0.1, 0.15) is 34.0 Å². The first-order valence-electron chi connectivity index (χ1n) is 5.28. The summed E-state index contributed by atoms with van der Waals surface area (Å²) >= 11 is 0. The lowest BCUT2D eigenvalue weighted by Gasteiger charge is -2.19. The lowest BCUT2D eigenvalue weighted by Crippen LogP contribution is -2.21. The molecule has 5 heteroatoms. The van der Waals surface area contributed by atoms with Crippen molar-refractivity contribution >= 4 is 5.97 Å². The third kappa shape index (κ3) is 3.03. The molecule has 0 aromatic heterocycles. The van der Waals surface area contributed by atoms with Gasteiger partial charge in [-0.05, 0) is 30.5 Å². The summed E-state index contributed by atoms with van der Waals surface area (Å²) in [6.45, 7) is 1.34. The molecule has 0 radical (unpaired) electrons. The van der Waals surface area contributed by atoms with Crippen molar-refractivity contribution in [1.29, 1.82) is 0 Å². The van der Waals surface area contributed by atoms with Crippen LogP contribution < -0.4 is 0 Å². The maximum Gasteiger partial charge on any atom is 0.335 e. The highest BCUT2D eigenvalue weighted by Crippen LogP contribution is 2.24. The minimum atomic E-state index is -1.19. The Morgan fingerprint density at radius 3 is 2.53 bits per heavy atom. The summed E-state index contributed by atoms with van der Waals surface area (Å²) in [5.74, 6) is -1.08. The molecule has 2 unspecified atom stereocenters. The molecule has 1 rings (SSSR count). The molecule has 0 saturated carbocycles. The van der Waals surface area contributed by atoms with Gasteiger partial charge in [0.25, 0.3) is 0 Å². The van der Waals surface area contributed by atoms with Gasteiger partial charge in [0.1, 0.15) is 6.10 Å². The van der Waals surface area contributed by atoms with Crippen LogP contribution in [0.5, 0.6) is 0 Å². The molecule has 1 aromatic rings. The molecule has 2 atom stereocenters. The van der Waals surface area contributed by atoms with Gasteiger partial charge < -0.3 is 20.4 Å². The van der Waals surface area contributed by atoms with Gasteiger partial charge in [0.15, 0.2) is 0 Å². The third-order valence-corrected chi connectivity index (χ3v) is 2.71. The van der Waals surface area contributed by atoms with Crippen LogP contribution in [0.3, 0.4) is 0 Å². The number of benzene rings is 1. The molecular formula is C12H16O5. The fraction of sp³-hybridized carbons (Fsp3) is 0.417. The van der Waals surface area contributed by atoms with E-state index in [9.17, 15) is 15.0 Å². The number of aromatic carboxylic acids is 1. The molecule has 0 aliphatic rings. The molecule has 17 heavy (non-hydrogen) atoms. The van der Waals surface area contributed by atoms with Crippen LogP contribution in [0.15, 0.2) is 18.2 Å². The van der Waals surface area contributed by atoms with Gasteiger partial charge in [-0.1, -0.05) is 12.1 Å². The van der Waals surface area contributed by atoms with Gasteiger partial charge in [-0.3, -0.25) is 0 Å². The van der Waals surface area contributed by atoms with E-state index in [1.807, 2.05) is 0 Å². The highest BCUT2D eigenvalue weighted by atomic mass is 16.4. The van der Waals surface area contributed by atoms with E-state index >= 15 is 0 Å². The normalized spacial score (nSPS) is 14.4. The number of hydrogen-bond donors (Lipinski definition) is 4. The number of carboxylic acid groups (broad SMARTS) is 1. The molecule has 0 bridgehead atoms. The Morgan fingerprint density at radius 1 is 1.35 bits per heavy atom. The van der Waals surface area contributed by atoms with E-state index in [1.54, 1.807) is 13.0 Å². The number of carbonyl (C=O) groups is 1. The fourth-order valence-corrected chi connectivity index (χ4v) is 1.70. The molecule has 0 aliphatic heterocycles. The molecule has 0 amide bonds. The van der Waals surface area contributed by atoms with Gasteiger partial charge in [0.05, 0.1) is 11.7 Å². The van der Waals surface area contributed by atoms with Crippen molar-refractivity contribution in [2.45, 2.75) is 25.6 Å². The summed E-state index contributed by atoms with van der Waals surface area (Å²) in [5.41, 5.74) is 0.882. The second kappa shape index (κ2) is 5.77. The van der Waals surface area contributed by atoms with E-state index < -0.39 is 18.2 Å². The first kappa shape index (κ1) is 13.6. The Balaban J connectivity index is 3.06. The zero-order chi connectivity index (χ0) is 13.0. The smallest absolute Gasteiger partial charge is 0.335 e. The first-order valence-corrected chi connectivity index (χ1v) is 5.28.